The van der Waals surface area contributed by atoms with Crippen molar-refractivity contribution in [2.75, 3.05) is 19.1 Å². The zero-order valence-corrected chi connectivity index (χ0v) is 17.0. The Bertz CT molecular complexity index is 943. The number of thioether (sulfide) groups is 1. The summed E-state index contributed by atoms with van der Waals surface area (Å²) in [7, 11) is 2.91. The van der Waals surface area contributed by atoms with Crippen molar-refractivity contribution in [3.8, 4) is 17.2 Å². The van der Waals surface area contributed by atoms with Gasteiger partial charge in [0.25, 0.3) is 5.91 Å². The lowest BCUT2D eigenvalue weighted by atomic mass is 10.1. The largest absolute Gasteiger partial charge is 0.502 e. The molecule has 0 unspecified atom stereocenters. The van der Waals surface area contributed by atoms with Crippen LogP contribution in [0.3, 0.4) is 0 Å². The number of amides is 1. The van der Waals surface area contributed by atoms with E-state index >= 15 is 0 Å². The van der Waals surface area contributed by atoms with E-state index in [2.05, 4.69) is 0 Å². The fourth-order valence-electron chi connectivity index (χ4n) is 2.70. The Morgan fingerprint density at radius 3 is 2.26 bits per heavy atom. The Balaban J connectivity index is 1.98. The second kappa shape index (κ2) is 7.62. The molecule has 0 aromatic heterocycles. The molecule has 0 atom stereocenters. The van der Waals surface area contributed by atoms with Crippen LogP contribution in [0.4, 0.5) is 5.69 Å². The number of thiocarbonyl (C=S) groups is 1. The molecule has 0 radical (unpaired) electrons. The van der Waals surface area contributed by atoms with Gasteiger partial charge in [0.2, 0.25) is 5.75 Å². The van der Waals surface area contributed by atoms with Crippen molar-refractivity contribution in [3.05, 3.63) is 51.9 Å². The molecule has 1 amide bonds. The van der Waals surface area contributed by atoms with Crippen LogP contribution >= 0.6 is 24.0 Å². The van der Waals surface area contributed by atoms with E-state index < -0.39 is 0 Å². The lowest BCUT2D eigenvalue weighted by molar-refractivity contribution is -0.113. The van der Waals surface area contributed by atoms with Crippen LogP contribution in [0.1, 0.15) is 16.7 Å². The molecule has 0 bridgehead atoms. The topological polar surface area (TPSA) is 59.0 Å². The summed E-state index contributed by atoms with van der Waals surface area (Å²) in [4.78, 5) is 15.0. The number of anilines is 1. The van der Waals surface area contributed by atoms with Gasteiger partial charge in [-0.05, 0) is 60.9 Å². The number of phenolic OH excluding ortho intramolecular Hbond substituents is 1. The minimum Gasteiger partial charge on any atom is -0.502 e. The number of carbonyl (C=O) groups is 1. The first kappa shape index (κ1) is 19.3. The molecule has 0 saturated carbocycles. The quantitative estimate of drug-likeness (QED) is 0.604. The third kappa shape index (κ3) is 3.65. The Hall–Kier alpha value is -2.51. The van der Waals surface area contributed by atoms with Gasteiger partial charge in [0.05, 0.1) is 24.8 Å². The summed E-state index contributed by atoms with van der Waals surface area (Å²) in [5.41, 5.74) is 3.67. The number of methoxy groups -OCH3 is 2. The van der Waals surface area contributed by atoms with Crippen LogP contribution < -0.4 is 14.4 Å². The van der Waals surface area contributed by atoms with Gasteiger partial charge in [-0.1, -0.05) is 30.0 Å². The SMILES string of the molecule is COc1cc(/C=C2\SC(=S)N(c3ccc(C)c(C)c3)C2=O)cc(OC)c1O. The molecule has 7 heteroatoms. The highest BCUT2D eigenvalue weighted by Crippen LogP contribution is 2.40. The number of aryl methyl sites for hydroxylation is 2. The Kier molecular flexibility index (Phi) is 5.43. The Labute approximate surface area is 167 Å². The monoisotopic (exact) mass is 401 g/mol. The third-order valence-electron chi connectivity index (χ3n) is 4.34. The first-order valence-corrected chi connectivity index (χ1v) is 9.38. The number of ether oxygens (including phenoxy) is 2. The van der Waals surface area contributed by atoms with Gasteiger partial charge in [-0.25, -0.2) is 0 Å². The third-order valence-corrected chi connectivity index (χ3v) is 5.64. The first-order valence-electron chi connectivity index (χ1n) is 8.16. The van der Waals surface area contributed by atoms with Crippen molar-refractivity contribution in [1.29, 1.82) is 0 Å². The van der Waals surface area contributed by atoms with Crippen molar-refractivity contribution in [1.82, 2.24) is 0 Å². The van der Waals surface area contributed by atoms with E-state index in [0.717, 1.165) is 16.8 Å². The van der Waals surface area contributed by atoms with Crippen LogP contribution in [-0.4, -0.2) is 29.6 Å². The van der Waals surface area contributed by atoms with Gasteiger partial charge in [-0.15, -0.1) is 0 Å². The zero-order valence-electron chi connectivity index (χ0n) is 15.4. The van der Waals surface area contributed by atoms with E-state index in [1.54, 1.807) is 18.2 Å². The van der Waals surface area contributed by atoms with Gasteiger partial charge in [0.1, 0.15) is 0 Å². The number of hydrogen-bond donors (Lipinski definition) is 1. The van der Waals surface area contributed by atoms with Gasteiger partial charge in [0, 0.05) is 0 Å². The molecule has 1 aliphatic rings. The predicted octanol–water partition coefficient (Wildman–Crippen LogP) is 4.43. The normalized spacial score (nSPS) is 15.6. The molecule has 1 N–H and O–H groups in total. The number of hydrogen-bond acceptors (Lipinski definition) is 6. The number of nitrogens with zero attached hydrogens (tertiary/aromatic N) is 1. The van der Waals surface area contributed by atoms with Crippen molar-refractivity contribution >= 4 is 46.0 Å². The van der Waals surface area contributed by atoms with Crippen LogP contribution in [0.25, 0.3) is 6.08 Å². The molecule has 2 aromatic rings. The number of carbonyl (C=O) groups excluding carboxylic acids is 1. The van der Waals surface area contributed by atoms with E-state index in [9.17, 15) is 9.90 Å². The van der Waals surface area contributed by atoms with E-state index in [1.807, 2.05) is 32.0 Å². The molecule has 140 valence electrons. The van der Waals surface area contributed by atoms with Gasteiger partial charge < -0.3 is 14.6 Å². The van der Waals surface area contributed by atoms with E-state index in [1.165, 1.54) is 30.9 Å². The van der Waals surface area contributed by atoms with Crippen molar-refractivity contribution in [2.24, 2.45) is 0 Å². The first-order chi connectivity index (χ1) is 12.8. The second-order valence-electron chi connectivity index (χ2n) is 6.06. The maximum absolute atomic E-state index is 12.9. The maximum Gasteiger partial charge on any atom is 0.270 e. The molecule has 5 nitrogen and oxygen atoms in total. The fraction of sp³-hybridized carbons (Fsp3) is 0.200. The molecule has 1 heterocycles. The number of aromatic hydroxyl groups is 1. The van der Waals surface area contributed by atoms with E-state index in [0.29, 0.717) is 14.8 Å². The molecule has 0 aliphatic carbocycles. The summed E-state index contributed by atoms with van der Waals surface area (Å²) in [5.74, 6) is 0.273. The second-order valence-corrected chi connectivity index (χ2v) is 7.74. The Morgan fingerprint density at radius 2 is 1.70 bits per heavy atom. The van der Waals surface area contributed by atoms with Crippen molar-refractivity contribution < 1.29 is 19.4 Å². The number of phenols is 1. The van der Waals surface area contributed by atoms with E-state index in [-0.39, 0.29) is 23.2 Å². The average molecular weight is 402 g/mol. The van der Waals surface area contributed by atoms with Crippen molar-refractivity contribution in [3.63, 3.8) is 0 Å². The van der Waals surface area contributed by atoms with Gasteiger partial charge in [-0.3, -0.25) is 9.69 Å². The molecule has 3 rings (SSSR count). The molecular weight excluding hydrogens is 382 g/mol. The number of rotatable bonds is 4. The summed E-state index contributed by atoms with van der Waals surface area (Å²) in [6.45, 7) is 4.02. The minimum atomic E-state index is -0.181. The molecule has 27 heavy (non-hydrogen) atoms. The highest BCUT2D eigenvalue weighted by molar-refractivity contribution is 8.27. The van der Waals surface area contributed by atoms with E-state index in [4.69, 9.17) is 21.7 Å². The van der Waals surface area contributed by atoms with Crippen LogP contribution in [0.5, 0.6) is 17.2 Å². The minimum absolute atomic E-state index is 0.0835. The van der Waals surface area contributed by atoms with Crippen LogP contribution in [0.15, 0.2) is 35.2 Å². The van der Waals surface area contributed by atoms with Crippen LogP contribution in [0, 0.1) is 13.8 Å². The van der Waals surface area contributed by atoms with Gasteiger partial charge in [0.15, 0.2) is 15.8 Å². The lowest BCUT2D eigenvalue weighted by Gasteiger charge is -2.16. The van der Waals surface area contributed by atoms with Crippen LogP contribution in [0.2, 0.25) is 0 Å². The van der Waals surface area contributed by atoms with Crippen molar-refractivity contribution in [2.45, 2.75) is 13.8 Å². The Morgan fingerprint density at radius 1 is 1.07 bits per heavy atom. The molecule has 1 saturated heterocycles. The lowest BCUT2D eigenvalue weighted by Crippen LogP contribution is -2.27. The van der Waals surface area contributed by atoms with Gasteiger partial charge >= 0.3 is 0 Å². The molecule has 1 fully saturated rings. The van der Waals surface area contributed by atoms with Crippen LogP contribution in [-0.2, 0) is 4.79 Å². The number of benzene rings is 2. The zero-order chi connectivity index (χ0) is 19.7. The fourth-order valence-corrected chi connectivity index (χ4v) is 4.00. The maximum atomic E-state index is 12.9. The highest BCUT2D eigenvalue weighted by Gasteiger charge is 2.33. The predicted molar refractivity (Wildman–Crippen MR) is 113 cm³/mol. The standard InChI is InChI=1S/C20H19NO4S2/c1-11-5-6-14(7-12(11)2)21-19(23)17(27-20(21)26)10-13-8-15(24-3)18(22)16(9-13)25-4/h5-10,22H,1-4H3/b17-10-. The average Bonchev–Trinajstić information content (AvgIpc) is 2.92. The summed E-state index contributed by atoms with van der Waals surface area (Å²) in [6.07, 6.45) is 1.71. The summed E-state index contributed by atoms with van der Waals surface area (Å²) in [5, 5.41) is 10.0. The van der Waals surface area contributed by atoms with Gasteiger partial charge in [-0.2, -0.15) is 0 Å². The highest BCUT2D eigenvalue weighted by atomic mass is 32.2. The molecule has 0 spiro atoms. The summed E-state index contributed by atoms with van der Waals surface area (Å²) in [6, 6.07) is 9.10. The summed E-state index contributed by atoms with van der Waals surface area (Å²) < 4.78 is 10.8. The molecule has 1 aliphatic heterocycles. The smallest absolute Gasteiger partial charge is 0.270 e. The summed E-state index contributed by atoms with van der Waals surface area (Å²) >= 11 is 6.66. The molecule has 2 aromatic carbocycles. The molecular formula is C20H19NO4S2.